The first-order chi connectivity index (χ1) is 6.74. The van der Waals surface area contributed by atoms with Gasteiger partial charge in [0.2, 0.25) is 0 Å². The second-order valence-corrected chi connectivity index (χ2v) is 3.05. The van der Waals surface area contributed by atoms with Crippen molar-refractivity contribution in [1.82, 2.24) is 5.06 Å². The van der Waals surface area contributed by atoms with Crippen LogP contribution in [0.4, 0.5) is 0 Å². The van der Waals surface area contributed by atoms with Crippen LogP contribution in [0.25, 0.3) is 0 Å². The summed E-state index contributed by atoms with van der Waals surface area (Å²) >= 11 is 0. The summed E-state index contributed by atoms with van der Waals surface area (Å²) < 4.78 is 0. The molecular weight excluding hydrogens is 178 g/mol. The Morgan fingerprint density at radius 2 is 2.00 bits per heavy atom. The number of carbonyl (C=O) groups excluding carboxylic acids is 1. The molecule has 0 unspecified atom stereocenters. The smallest absolute Gasteiger partial charge is 0.254 e. The molecule has 0 spiro atoms. The minimum atomic E-state index is -0.00338. The van der Waals surface area contributed by atoms with Gasteiger partial charge in [-0.1, -0.05) is 25.1 Å². The molecule has 0 aliphatic heterocycles. The lowest BCUT2D eigenvalue weighted by Gasteiger charge is -2.16. The summed E-state index contributed by atoms with van der Waals surface area (Å²) in [5.74, 6) is 0.677. The van der Waals surface area contributed by atoms with Crippen LogP contribution in [-0.4, -0.2) is 18.0 Å². The Labute approximate surface area is 84.2 Å². The summed E-state index contributed by atoms with van der Waals surface area (Å²) in [7, 11) is 1.63. The third-order valence-electron chi connectivity index (χ3n) is 1.80. The minimum absolute atomic E-state index is 0.00338. The molecule has 1 aromatic rings. The maximum absolute atomic E-state index is 11.3. The van der Waals surface area contributed by atoms with E-state index in [1.165, 1.54) is 5.06 Å². The number of hydrogen-bond acceptors (Lipinski definition) is 2. The Hall–Kier alpha value is -1.51. The highest BCUT2D eigenvalue weighted by molar-refractivity contribution is 5.74. The fourth-order valence-corrected chi connectivity index (χ4v) is 1.06. The van der Waals surface area contributed by atoms with Crippen molar-refractivity contribution < 1.29 is 9.63 Å². The first kappa shape index (κ1) is 10.6. The normalized spacial score (nSPS) is 9.57. The highest BCUT2D eigenvalue weighted by Gasteiger charge is 2.08. The van der Waals surface area contributed by atoms with Crippen LogP contribution >= 0.6 is 0 Å². The number of hydroxylamine groups is 2. The molecule has 0 radical (unpaired) electrons. The van der Waals surface area contributed by atoms with E-state index >= 15 is 0 Å². The minimum Gasteiger partial charge on any atom is -0.377 e. The first-order valence-electron chi connectivity index (χ1n) is 4.73. The van der Waals surface area contributed by atoms with Crippen molar-refractivity contribution in [3.63, 3.8) is 0 Å². The lowest BCUT2D eigenvalue weighted by Crippen LogP contribution is -2.29. The number of carbonyl (C=O) groups is 1. The summed E-state index contributed by atoms with van der Waals surface area (Å²) in [6, 6.07) is 9.27. The molecule has 0 fully saturated rings. The Bertz CT molecular complexity index is 285. The molecule has 0 aliphatic carbocycles. The van der Waals surface area contributed by atoms with Crippen LogP contribution in [0.15, 0.2) is 30.3 Å². The van der Waals surface area contributed by atoms with E-state index in [9.17, 15) is 4.79 Å². The van der Waals surface area contributed by atoms with Gasteiger partial charge in [-0.15, -0.1) is 0 Å². The van der Waals surface area contributed by atoms with Gasteiger partial charge in [-0.25, -0.2) is 0 Å². The van der Waals surface area contributed by atoms with Crippen molar-refractivity contribution in [2.75, 3.05) is 7.05 Å². The molecule has 0 atom stereocenters. The lowest BCUT2D eigenvalue weighted by molar-refractivity contribution is -0.152. The molecule has 0 aromatic heterocycles. The van der Waals surface area contributed by atoms with Gasteiger partial charge < -0.3 is 4.84 Å². The van der Waals surface area contributed by atoms with E-state index in [-0.39, 0.29) is 5.91 Å². The second-order valence-electron chi connectivity index (χ2n) is 3.05. The second kappa shape index (κ2) is 5.27. The standard InChI is InChI=1S/C11H15NO2/c1-3-7-11(13)12(2)14-10-8-5-4-6-9-10/h4-6,8-9H,3,7H2,1-2H3. The highest BCUT2D eigenvalue weighted by atomic mass is 16.7. The summed E-state index contributed by atoms with van der Waals surface area (Å²) in [6.45, 7) is 1.97. The van der Waals surface area contributed by atoms with Crippen molar-refractivity contribution in [1.29, 1.82) is 0 Å². The van der Waals surface area contributed by atoms with Gasteiger partial charge in [0.1, 0.15) is 0 Å². The lowest BCUT2D eigenvalue weighted by atomic mass is 10.3. The van der Waals surface area contributed by atoms with Crippen LogP contribution in [0, 0.1) is 0 Å². The molecule has 1 rings (SSSR count). The maximum atomic E-state index is 11.3. The van der Waals surface area contributed by atoms with Crippen molar-refractivity contribution >= 4 is 5.91 Å². The molecule has 1 amide bonds. The predicted octanol–water partition coefficient (Wildman–Crippen LogP) is 2.24. The van der Waals surface area contributed by atoms with Gasteiger partial charge in [-0.05, 0) is 18.6 Å². The van der Waals surface area contributed by atoms with Gasteiger partial charge in [0.05, 0.1) is 0 Å². The van der Waals surface area contributed by atoms with Crippen molar-refractivity contribution in [2.24, 2.45) is 0 Å². The van der Waals surface area contributed by atoms with E-state index in [1.807, 2.05) is 37.3 Å². The van der Waals surface area contributed by atoms with E-state index in [0.717, 1.165) is 6.42 Å². The molecular formula is C11H15NO2. The summed E-state index contributed by atoms with van der Waals surface area (Å²) in [5, 5.41) is 1.28. The van der Waals surface area contributed by atoms with Gasteiger partial charge in [-0.3, -0.25) is 4.79 Å². The molecule has 0 saturated carbocycles. The topological polar surface area (TPSA) is 29.5 Å². The van der Waals surface area contributed by atoms with E-state index < -0.39 is 0 Å². The first-order valence-corrected chi connectivity index (χ1v) is 4.73. The van der Waals surface area contributed by atoms with Gasteiger partial charge in [0.25, 0.3) is 5.91 Å². The van der Waals surface area contributed by atoms with Crippen molar-refractivity contribution in [3.05, 3.63) is 30.3 Å². The van der Waals surface area contributed by atoms with Gasteiger partial charge in [0, 0.05) is 13.5 Å². The van der Waals surface area contributed by atoms with Crippen molar-refractivity contribution in [3.8, 4) is 5.75 Å². The van der Waals surface area contributed by atoms with Crippen LogP contribution in [0.3, 0.4) is 0 Å². The summed E-state index contributed by atoms with van der Waals surface area (Å²) in [5.41, 5.74) is 0. The fraction of sp³-hybridized carbons (Fsp3) is 0.364. The van der Waals surface area contributed by atoms with Crippen LogP contribution in [0.1, 0.15) is 19.8 Å². The molecule has 0 saturated heterocycles. The Balaban J connectivity index is 2.49. The molecule has 14 heavy (non-hydrogen) atoms. The third kappa shape index (κ3) is 3.09. The van der Waals surface area contributed by atoms with Crippen molar-refractivity contribution in [2.45, 2.75) is 19.8 Å². The van der Waals surface area contributed by atoms with Gasteiger partial charge in [-0.2, -0.15) is 5.06 Å². The third-order valence-corrected chi connectivity index (χ3v) is 1.80. The Morgan fingerprint density at radius 1 is 1.36 bits per heavy atom. The number of para-hydroxylation sites is 1. The average molecular weight is 193 g/mol. The number of amides is 1. The van der Waals surface area contributed by atoms with E-state index in [1.54, 1.807) is 7.05 Å². The number of benzene rings is 1. The van der Waals surface area contributed by atoms with Gasteiger partial charge in [0.15, 0.2) is 5.75 Å². The zero-order valence-electron chi connectivity index (χ0n) is 8.56. The zero-order valence-corrected chi connectivity index (χ0v) is 8.56. The maximum Gasteiger partial charge on any atom is 0.254 e. The highest BCUT2D eigenvalue weighted by Crippen LogP contribution is 2.10. The van der Waals surface area contributed by atoms with E-state index in [0.29, 0.717) is 12.2 Å². The summed E-state index contributed by atoms with van der Waals surface area (Å²) in [4.78, 5) is 16.7. The monoisotopic (exact) mass is 193 g/mol. The molecule has 1 aromatic carbocycles. The SMILES string of the molecule is CCCC(=O)N(C)Oc1ccccc1. The molecule has 76 valence electrons. The largest absolute Gasteiger partial charge is 0.377 e. The van der Waals surface area contributed by atoms with Crippen LogP contribution < -0.4 is 4.84 Å². The number of rotatable bonds is 4. The Morgan fingerprint density at radius 3 is 2.57 bits per heavy atom. The fourth-order valence-electron chi connectivity index (χ4n) is 1.06. The number of hydrogen-bond donors (Lipinski definition) is 0. The number of nitrogens with zero attached hydrogens (tertiary/aromatic N) is 1. The molecule has 3 heteroatoms. The molecule has 0 bridgehead atoms. The Kier molecular flexibility index (Phi) is 3.98. The molecule has 0 N–H and O–H groups in total. The van der Waals surface area contributed by atoms with E-state index in [4.69, 9.17) is 4.84 Å². The van der Waals surface area contributed by atoms with Gasteiger partial charge >= 0.3 is 0 Å². The summed E-state index contributed by atoms with van der Waals surface area (Å²) in [6.07, 6.45) is 1.35. The molecule has 0 heterocycles. The molecule has 3 nitrogen and oxygen atoms in total. The zero-order chi connectivity index (χ0) is 10.4. The molecule has 0 aliphatic rings. The average Bonchev–Trinajstić information content (AvgIpc) is 2.19. The van der Waals surface area contributed by atoms with Crippen LogP contribution in [0.2, 0.25) is 0 Å². The predicted molar refractivity (Wildman–Crippen MR) is 54.7 cm³/mol. The quantitative estimate of drug-likeness (QED) is 0.686. The van der Waals surface area contributed by atoms with E-state index in [2.05, 4.69) is 0 Å². The van der Waals surface area contributed by atoms with Crippen LogP contribution in [0.5, 0.6) is 5.75 Å². The van der Waals surface area contributed by atoms with Crippen LogP contribution in [-0.2, 0) is 4.79 Å².